The van der Waals surface area contributed by atoms with Crippen molar-refractivity contribution in [1.82, 2.24) is 14.1 Å². The van der Waals surface area contributed by atoms with E-state index in [0.29, 0.717) is 52.2 Å². The number of fused-ring (bicyclic) bond motifs is 4. The monoisotopic (exact) mass is 1060 g/mol. The van der Waals surface area contributed by atoms with Gasteiger partial charge in [0.2, 0.25) is 0 Å². The number of ether oxygens (including phenoxy) is 1. The van der Waals surface area contributed by atoms with Gasteiger partial charge in [-0.1, -0.05) is 164 Å². The first kappa shape index (κ1) is 29.3. The molecule has 1 aliphatic rings. The standard InChI is InChI=1S/C61H46N4O.Pt/c1-42-36-60(62-40-55(42)46-24-12-5-13-25-46)65-56-31-15-14-28-53(56)54-34-33-50(39-58(54)65)66-49-27-16-26-48(38-49)63-41-64(57-35-32-47(37-59(57)63)43-18-6-2-7-19-43)61-51(44-20-8-3-9-21-44)29-17-30-52(61)45-22-10-4-11-23-45;/h3-5,8-17,20-37,40,43H,2,6-7,18-19H2,1H3;/q-2;/i1D3,3D,4D,8D,9D,10D,11D,20D,21D,22D,23D,43D;. The van der Waals surface area contributed by atoms with Crippen LogP contribution < -0.4 is 9.30 Å². The minimum atomic E-state index is -2.47. The fraction of sp³-hybridized carbons (Fsp3) is 0.115. The number of benzene rings is 8. The summed E-state index contributed by atoms with van der Waals surface area (Å²) in [5, 5.41) is 1.71. The van der Waals surface area contributed by atoms with Crippen LogP contribution in [0, 0.1) is 25.3 Å². The Morgan fingerprint density at radius 3 is 2.13 bits per heavy atom. The third kappa shape index (κ3) is 7.88. The normalized spacial score (nSPS) is 16.6. The van der Waals surface area contributed by atoms with Crippen LogP contribution in [0.2, 0.25) is 0 Å². The molecule has 0 N–H and O–H groups in total. The Labute approximate surface area is 425 Å². The Morgan fingerprint density at radius 1 is 0.657 bits per heavy atom. The van der Waals surface area contributed by atoms with Gasteiger partial charge < -0.3 is 13.9 Å². The van der Waals surface area contributed by atoms with Crippen molar-refractivity contribution in [1.29, 1.82) is 0 Å². The van der Waals surface area contributed by atoms with E-state index in [1.807, 2.05) is 83.4 Å². The van der Waals surface area contributed by atoms with Crippen LogP contribution in [0.4, 0.5) is 0 Å². The van der Waals surface area contributed by atoms with E-state index in [1.54, 1.807) is 63.9 Å². The molecule has 0 spiro atoms. The van der Waals surface area contributed by atoms with E-state index in [9.17, 15) is 1.37 Å². The minimum Gasteiger partial charge on any atom is -0.510 e. The molecule has 1 saturated carbocycles. The van der Waals surface area contributed by atoms with Crippen molar-refractivity contribution in [2.75, 3.05) is 0 Å². The quantitative estimate of drug-likeness (QED) is 0.107. The summed E-state index contributed by atoms with van der Waals surface area (Å²) < 4.78 is 135. The number of imidazole rings is 1. The van der Waals surface area contributed by atoms with E-state index < -0.39 is 73.2 Å². The van der Waals surface area contributed by atoms with E-state index >= 15 is 0 Å². The molecular formula is C61H46N4OPt-2. The van der Waals surface area contributed by atoms with Crippen molar-refractivity contribution in [3.63, 3.8) is 0 Å². The molecule has 1 aliphatic carbocycles. The van der Waals surface area contributed by atoms with Gasteiger partial charge in [-0.2, -0.15) is 18.2 Å². The second-order valence-corrected chi connectivity index (χ2v) is 16.2. The van der Waals surface area contributed by atoms with Gasteiger partial charge in [0.15, 0.2) is 0 Å². The molecule has 0 unspecified atom stereocenters. The first-order valence-electron chi connectivity index (χ1n) is 28.9. The number of aromatic nitrogens is 4. The number of hydrogen-bond acceptors (Lipinski definition) is 2. The smallest absolute Gasteiger partial charge is 0.268 e. The van der Waals surface area contributed by atoms with Crippen LogP contribution in [0.15, 0.2) is 194 Å². The average molecular weight is 1060 g/mol. The number of rotatable bonds is 9. The number of nitrogens with zero attached hydrogens (tertiary/aromatic N) is 4. The van der Waals surface area contributed by atoms with Crippen molar-refractivity contribution < 1.29 is 49.6 Å². The maximum Gasteiger partial charge on any atom is 0.268 e. The fourth-order valence-corrected chi connectivity index (χ4v) is 9.23. The van der Waals surface area contributed by atoms with Crippen molar-refractivity contribution in [2.45, 2.75) is 44.8 Å². The fourth-order valence-electron chi connectivity index (χ4n) is 9.23. The SMILES string of the molecule is [2H]c1c([2H])c([2H])c(-c2cccc(-c3c([2H])c([2H])c([2H])c([2H])c3[2H])c2-[n+]2[c-]n(-c3[c-]c(Oc4[c-]c5c(cc4)c4ccccc4n5-c4cc(C([2H])([2H])[2H])c(-c5ccccc5)cn4)ccc3)c3cc(C4([2H])CCCCC4)ccc32)c([2H])c1[2H].[Pt]. The molecule has 12 rings (SSSR count). The zero-order valence-electron chi connectivity index (χ0n) is 49.8. The van der Waals surface area contributed by atoms with Crippen LogP contribution in [0.1, 0.15) is 68.3 Å². The maximum atomic E-state index is 9.72. The molecule has 3 aromatic heterocycles. The number of hydrogen-bond donors (Lipinski definition) is 0. The third-order valence-electron chi connectivity index (χ3n) is 12.3. The maximum absolute atomic E-state index is 9.72. The predicted octanol–water partition coefficient (Wildman–Crippen LogP) is 14.9. The molecule has 3 heterocycles. The van der Waals surface area contributed by atoms with Crippen molar-refractivity contribution in [3.05, 3.63) is 224 Å². The summed E-state index contributed by atoms with van der Waals surface area (Å²) in [6.45, 7) is -2.47. The summed E-state index contributed by atoms with van der Waals surface area (Å²) in [4.78, 5) is 4.84. The van der Waals surface area contributed by atoms with Gasteiger partial charge in [-0.05, 0) is 93.8 Å². The molecule has 6 heteroatoms. The Kier molecular flexibility index (Phi) is 7.95. The minimum absolute atomic E-state index is 0. The molecule has 0 amide bonds. The summed E-state index contributed by atoms with van der Waals surface area (Å²) >= 11 is 0. The van der Waals surface area contributed by atoms with Gasteiger partial charge in [0, 0.05) is 55.3 Å². The summed E-state index contributed by atoms with van der Waals surface area (Å²) in [6, 6.07) is 39.1. The zero-order valence-corrected chi connectivity index (χ0v) is 38.0. The summed E-state index contributed by atoms with van der Waals surface area (Å²) in [5.41, 5.74) is 4.79. The van der Waals surface area contributed by atoms with Gasteiger partial charge >= 0.3 is 0 Å². The summed E-state index contributed by atoms with van der Waals surface area (Å²) in [5.74, 6) is 0.0134. The molecule has 5 nitrogen and oxygen atoms in total. The molecular weight excluding hydrogens is 1000 g/mol. The molecule has 0 bridgehead atoms. The van der Waals surface area contributed by atoms with Crippen molar-refractivity contribution >= 4 is 32.8 Å². The summed E-state index contributed by atoms with van der Waals surface area (Å²) in [7, 11) is 0. The molecule has 1 fully saturated rings. The first-order chi connectivity index (χ1) is 38.3. The zero-order chi connectivity index (χ0) is 56.1. The molecule has 8 aromatic carbocycles. The van der Waals surface area contributed by atoms with Gasteiger partial charge in [0.05, 0.1) is 30.4 Å². The second kappa shape index (κ2) is 18.2. The van der Waals surface area contributed by atoms with Gasteiger partial charge in [-0.15, -0.1) is 29.7 Å². The first-order valence-corrected chi connectivity index (χ1v) is 21.9. The van der Waals surface area contributed by atoms with E-state index in [0.717, 1.165) is 46.7 Å². The Bertz CT molecular complexity index is 4200. The second-order valence-electron chi connectivity index (χ2n) is 16.2. The topological polar surface area (TPSA) is 35.9 Å². The van der Waals surface area contributed by atoms with Crippen LogP contribution >= 0.6 is 0 Å². The number of para-hydroxylation sites is 2. The van der Waals surface area contributed by atoms with E-state index in [2.05, 4.69) is 18.5 Å². The Balaban J connectivity index is 0.00000690. The van der Waals surface area contributed by atoms with Crippen molar-refractivity contribution in [2.24, 2.45) is 0 Å². The molecule has 0 saturated heterocycles. The largest absolute Gasteiger partial charge is 0.510 e. The Morgan fingerprint density at radius 2 is 1.37 bits per heavy atom. The molecule has 0 atom stereocenters. The predicted molar refractivity (Wildman–Crippen MR) is 267 cm³/mol. The van der Waals surface area contributed by atoms with E-state index in [1.165, 1.54) is 0 Å². The van der Waals surface area contributed by atoms with Crippen LogP contribution in [-0.2, 0) is 21.1 Å². The van der Waals surface area contributed by atoms with Gasteiger partial charge in [0.25, 0.3) is 6.33 Å². The van der Waals surface area contributed by atoms with Crippen LogP contribution in [-0.4, -0.2) is 14.1 Å². The molecule has 0 radical (unpaired) electrons. The van der Waals surface area contributed by atoms with Gasteiger partial charge in [-0.25, -0.2) is 4.98 Å². The molecule has 328 valence electrons. The molecule has 67 heavy (non-hydrogen) atoms. The Hall–Kier alpha value is -7.33. The van der Waals surface area contributed by atoms with Crippen LogP contribution in [0.5, 0.6) is 11.5 Å². The number of aryl methyl sites for hydroxylation is 1. The van der Waals surface area contributed by atoms with E-state index in [-0.39, 0.29) is 60.3 Å². The van der Waals surface area contributed by atoms with E-state index in [4.69, 9.17) is 27.5 Å². The van der Waals surface area contributed by atoms with Gasteiger partial charge in [0.1, 0.15) is 5.82 Å². The average Bonchev–Trinajstić information content (AvgIpc) is 4.09. The molecule has 11 aromatic rings. The third-order valence-corrected chi connectivity index (χ3v) is 12.3. The van der Waals surface area contributed by atoms with Crippen molar-refractivity contribution in [3.8, 4) is 62.1 Å². The van der Waals surface area contributed by atoms with Crippen LogP contribution in [0.3, 0.4) is 0 Å². The summed E-state index contributed by atoms with van der Waals surface area (Å²) in [6.07, 6.45) is 9.06. The van der Waals surface area contributed by atoms with Gasteiger partial charge in [-0.3, -0.25) is 4.57 Å². The molecule has 0 aliphatic heterocycles. The number of pyridine rings is 1. The van der Waals surface area contributed by atoms with Crippen LogP contribution in [0.25, 0.3) is 83.4 Å².